The van der Waals surface area contributed by atoms with Crippen molar-refractivity contribution in [3.63, 3.8) is 0 Å². The number of rotatable bonds is 3. The van der Waals surface area contributed by atoms with Gasteiger partial charge in [-0.3, -0.25) is 0 Å². The molecule has 0 saturated heterocycles. The van der Waals surface area contributed by atoms with Crippen LogP contribution in [0.15, 0.2) is 36.4 Å². The van der Waals surface area contributed by atoms with E-state index in [-0.39, 0.29) is 6.61 Å². The number of esters is 1. The summed E-state index contributed by atoms with van der Waals surface area (Å²) in [5.41, 5.74) is 9.44. The molecule has 3 nitrogen and oxygen atoms in total. The minimum Gasteiger partial charge on any atom is -0.457 e. The molecule has 104 valence electrons. The lowest BCUT2D eigenvalue weighted by Gasteiger charge is -2.11. The normalized spacial score (nSPS) is 10.3. The Balaban J connectivity index is 2.15. The molecule has 0 aromatic heterocycles. The summed E-state index contributed by atoms with van der Waals surface area (Å²) in [6, 6.07) is 11.0. The highest BCUT2D eigenvalue weighted by atomic mass is 35.5. The van der Waals surface area contributed by atoms with Crippen molar-refractivity contribution in [1.29, 1.82) is 0 Å². The summed E-state index contributed by atoms with van der Waals surface area (Å²) in [5, 5.41) is 0.427. The third kappa shape index (κ3) is 3.11. The van der Waals surface area contributed by atoms with Gasteiger partial charge in [0.05, 0.1) is 5.56 Å². The Morgan fingerprint density at radius 2 is 1.95 bits per heavy atom. The van der Waals surface area contributed by atoms with Gasteiger partial charge in [-0.2, -0.15) is 0 Å². The molecule has 2 aromatic rings. The Hall–Kier alpha value is -2.00. The summed E-state index contributed by atoms with van der Waals surface area (Å²) in [6.07, 6.45) is 0. The van der Waals surface area contributed by atoms with Crippen molar-refractivity contribution < 1.29 is 9.53 Å². The van der Waals surface area contributed by atoms with Crippen molar-refractivity contribution in [2.75, 3.05) is 5.73 Å². The monoisotopic (exact) mass is 289 g/mol. The molecule has 0 aliphatic carbocycles. The Labute approximate surface area is 123 Å². The number of carbonyl (C=O) groups excluding carboxylic acids is 1. The molecule has 0 saturated carbocycles. The van der Waals surface area contributed by atoms with Crippen LogP contribution >= 0.6 is 11.6 Å². The number of aryl methyl sites for hydroxylation is 1. The summed E-state index contributed by atoms with van der Waals surface area (Å²) in [6.45, 7) is 3.99. The first kappa shape index (κ1) is 14.4. The van der Waals surface area contributed by atoms with Gasteiger partial charge in [-0.15, -0.1) is 0 Å². The van der Waals surface area contributed by atoms with Gasteiger partial charge in [-0.25, -0.2) is 4.79 Å². The van der Waals surface area contributed by atoms with Gasteiger partial charge < -0.3 is 10.5 Å². The van der Waals surface area contributed by atoms with Crippen LogP contribution in [0.4, 0.5) is 5.69 Å². The maximum atomic E-state index is 12.1. The third-order valence-electron chi connectivity index (χ3n) is 3.25. The molecule has 0 amide bonds. The van der Waals surface area contributed by atoms with Gasteiger partial charge in [0.15, 0.2) is 0 Å². The number of halogens is 1. The van der Waals surface area contributed by atoms with Crippen LogP contribution in [0.5, 0.6) is 0 Å². The smallest absolute Gasteiger partial charge is 0.338 e. The minimum absolute atomic E-state index is 0.233. The molecule has 0 atom stereocenters. The largest absolute Gasteiger partial charge is 0.457 e. The first-order chi connectivity index (χ1) is 9.49. The summed E-state index contributed by atoms with van der Waals surface area (Å²) < 4.78 is 5.33. The number of hydrogen-bond donors (Lipinski definition) is 1. The maximum Gasteiger partial charge on any atom is 0.338 e. The van der Waals surface area contributed by atoms with E-state index >= 15 is 0 Å². The zero-order valence-electron chi connectivity index (χ0n) is 11.4. The molecule has 2 aromatic carbocycles. The summed E-state index contributed by atoms with van der Waals surface area (Å²) in [7, 11) is 0. The predicted molar refractivity (Wildman–Crippen MR) is 80.9 cm³/mol. The maximum absolute atomic E-state index is 12.1. The average molecular weight is 290 g/mol. The summed E-state index contributed by atoms with van der Waals surface area (Å²) in [4.78, 5) is 12.1. The first-order valence-corrected chi connectivity index (χ1v) is 6.64. The fourth-order valence-corrected chi connectivity index (χ4v) is 2.13. The highest BCUT2D eigenvalue weighted by Crippen LogP contribution is 2.23. The lowest BCUT2D eigenvalue weighted by molar-refractivity contribution is 0.0471. The lowest BCUT2D eigenvalue weighted by atomic mass is 10.1. The van der Waals surface area contributed by atoms with Crippen LogP contribution in [-0.2, 0) is 11.3 Å². The van der Waals surface area contributed by atoms with E-state index in [9.17, 15) is 4.79 Å². The van der Waals surface area contributed by atoms with E-state index in [1.165, 1.54) is 0 Å². The van der Waals surface area contributed by atoms with Crippen LogP contribution in [0, 0.1) is 13.8 Å². The van der Waals surface area contributed by atoms with E-state index in [2.05, 4.69) is 0 Å². The fraction of sp³-hybridized carbons (Fsp3) is 0.188. The molecule has 0 spiro atoms. The van der Waals surface area contributed by atoms with E-state index in [4.69, 9.17) is 22.1 Å². The van der Waals surface area contributed by atoms with Gasteiger partial charge in [-0.05, 0) is 42.7 Å². The van der Waals surface area contributed by atoms with Gasteiger partial charge in [-0.1, -0.05) is 35.9 Å². The number of benzene rings is 2. The van der Waals surface area contributed by atoms with E-state index in [1.807, 2.05) is 31.2 Å². The number of anilines is 1. The Morgan fingerprint density at radius 1 is 1.25 bits per heavy atom. The van der Waals surface area contributed by atoms with Crippen LogP contribution in [0.1, 0.15) is 27.0 Å². The Bertz CT molecular complexity index is 653. The SMILES string of the molecule is Cc1ccccc1COC(=O)c1cc(Cl)cc(N)c1C. The predicted octanol–water partition coefficient (Wildman–Crippen LogP) is 3.90. The molecule has 0 radical (unpaired) electrons. The number of hydrogen-bond acceptors (Lipinski definition) is 3. The molecule has 0 aliphatic rings. The molecule has 0 bridgehead atoms. The van der Waals surface area contributed by atoms with Gasteiger partial charge in [0.1, 0.15) is 6.61 Å². The number of carbonyl (C=O) groups is 1. The molecular formula is C16H16ClNO2. The van der Waals surface area contributed by atoms with Crippen molar-refractivity contribution in [3.8, 4) is 0 Å². The topological polar surface area (TPSA) is 52.3 Å². The van der Waals surface area contributed by atoms with E-state index in [1.54, 1.807) is 19.1 Å². The standard InChI is InChI=1S/C16H16ClNO2/c1-10-5-3-4-6-12(10)9-20-16(19)14-7-13(17)8-15(18)11(14)2/h3-8H,9,18H2,1-2H3. The van der Waals surface area contributed by atoms with Crippen LogP contribution in [0.25, 0.3) is 0 Å². The number of nitrogens with two attached hydrogens (primary N) is 1. The van der Waals surface area contributed by atoms with E-state index in [0.717, 1.165) is 11.1 Å². The number of ether oxygens (including phenoxy) is 1. The highest BCUT2D eigenvalue weighted by molar-refractivity contribution is 6.31. The van der Waals surface area contributed by atoms with Crippen molar-refractivity contribution in [2.45, 2.75) is 20.5 Å². The van der Waals surface area contributed by atoms with Crippen molar-refractivity contribution in [3.05, 3.63) is 63.7 Å². The molecule has 0 fully saturated rings. The van der Waals surface area contributed by atoms with Gasteiger partial charge >= 0.3 is 5.97 Å². The van der Waals surface area contributed by atoms with Crippen LogP contribution < -0.4 is 5.73 Å². The van der Waals surface area contributed by atoms with Crippen LogP contribution in [0.2, 0.25) is 5.02 Å². The summed E-state index contributed by atoms with van der Waals surface area (Å²) >= 11 is 5.92. The van der Waals surface area contributed by atoms with E-state index in [0.29, 0.717) is 21.8 Å². The third-order valence-corrected chi connectivity index (χ3v) is 3.47. The minimum atomic E-state index is -0.417. The van der Waals surface area contributed by atoms with Crippen LogP contribution in [-0.4, -0.2) is 5.97 Å². The molecule has 20 heavy (non-hydrogen) atoms. The molecule has 0 unspecified atom stereocenters. The second-order valence-electron chi connectivity index (χ2n) is 4.67. The van der Waals surface area contributed by atoms with Gasteiger partial charge in [0.2, 0.25) is 0 Å². The van der Waals surface area contributed by atoms with Crippen molar-refractivity contribution in [1.82, 2.24) is 0 Å². The molecule has 4 heteroatoms. The Morgan fingerprint density at radius 3 is 2.65 bits per heavy atom. The van der Waals surface area contributed by atoms with Gasteiger partial charge in [0.25, 0.3) is 0 Å². The van der Waals surface area contributed by atoms with Crippen molar-refractivity contribution in [2.24, 2.45) is 0 Å². The molecule has 0 aliphatic heterocycles. The Kier molecular flexibility index (Phi) is 4.30. The highest BCUT2D eigenvalue weighted by Gasteiger charge is 2.14. The molecular weight excluding hydrogens is 274 g/mol. The average Bonchev–Trinajstić information content (AvgIpc) is 2.41. The first-order valence-electron chi connectivity index (χ1n) is 6.26. The summed E-state index contributed by atoms with van der Waals surface area (Å²) in [5.74, 6) is -0.417. The zero-order valence-corrected chi connectivity index (χ0v) is 12.2. The quantitative estimate of drug-likeness (QED) is 0.689. The lowest BCUT2D eigenvalue weighted by Crippen LogP contribution is -2.09. The van der Waals surface area contributed by atoms with Gasteiger partial charge in [0, 0.05) is 10.7 Å². The van der Waals surface area contributed by atoms with Crippen molar-refractivity contribution >= 4 is 23.3 Å². The molecule has 2 rings (SSSR count). The second-order valence-corrected chi connectivity index (χ2v) is 5.11. The second kappa shape index (κ2) is 5.97. The molecule has 0 heterocycles. The fourth-order valence-electron chi connectivity index (χ4n) is 1.91. The molecule has 2 N–H and O–H groups in total. The van der Waals surface area contributed by atoms with E-state index < -0.39 is 5.97 Å². The van der Waals surface area contributed by atoms with Crippen LogP contribution in [0.3, 0.4) is 0 Å². The number of nitrogen functional groups attached to an aromatic ring is 1. The zero-order chi connectivity index (χ0) is 14.7.